The molecule has 0 unspecified atom stereocenters. The molecule has 0 spiro atoms. The zero-order valence-electron chi connectivity index (χ0n) is 9.03. The second kappa shape index (κ2) is 4.65. The summed E-state index contributed by atoms with van der Waals surface area (Å²) in [4.78, 5) is 0. The van der Waals surface area contributed by atoms with Crippen LogP contribution in [0.3, 0.4) is 0 Å². The zero-order chi connectivity index (χ0) is 11.5. The van der Waals surface area contributed by atoms with Crippen molar-refractivity contribution in [2.45, 2.75) is 20.5 Å². The molecule has 2 aromatic rings. The zero-order valence-corrected chi connectivity index (χ0v) is 10.6. The Labute approximate surface area is 102 Å². The van der Waals surface area contributed by atoms with Crippen LogP contribution in [0.15, 0.2) is 27.1 Å². The predicted octanol–water partition coefficient (Wildman–Crippen LogP) is 3.03. The first-order valence-corrected chi connectivity index (χ1v) is 5.62. The molecule has 0 aliphatic carbocycles. The first kappa shape index (κ1) is 11.1. The monoisotopic (exact) mass is 282 g/mol. The number of rotatable bonds is 3. The molecule has 0 amide bonds. The van der Waals surface area contributed by atoms with Gasteiger partial charge in [0.25, 0.3) is 5.89 Å². The molecule has 0 N–H and O–H groups in total. The van der Waals surface area contributed by atoms with Crippen LogP contribution in [0.2, 0.25) is 0 Å². The van der Waals surface area contributed by atoms with E-state index in [9.17, 15) is 0 Å². The molecule has 0 saturated carbocycles. The Morgan fingerprint density at radius 1 is 1.31 bits per heavy atom. The van der Waals surface area contributed by atoms with Gasteiger partial charge in [0, 0.05) is 6.92 Å². The fraction of sp³-hybridized carbons (Fsp3) is 0.273. The van der Waals surface area contributed by atoms with E-state index in [2.05, 4.69) is 26.1 Å². The molecule has 0 aliphatic rings. The number of benzene rings is 1. The van der Waals surface area contributed by atoms with Gasteiger partial charge in [-0.2, -0.15) is 0 Å². The molecule has 0 saturated heterocycles. The summed E-state index contributed by atoms with van der Waals surface area (Å²) in [5.74, 6) is 1.79. The second-order valence-corrected chi connectivity index (χ2v) is 4.29. The van der Waals surface area contributed by atoms with Gasteiger partial charge in [-0.15, -0.1) is 10.2 Å². The molecule has 0 bridgehead atoms. The second-order valence-electron chi connectivity index (χ2n) is 3.44. The van der Waals surface area contributed by atoms with Gasteiger partial charge in [-0.25, -0.2) is 0 Å². The molecule has 0 radical (unpaired) electrons. The minimum absolute atomic E-state index is 0.280. The molecule has 4 nitrogen and oxygen atoms in total. The molecule has 16 heavy (non-hydrogen) atoms. The largest absolute Gasteiger partial charge is 0.483 e. The van der Waals surface area contributed by atoms with Gasteiger partial charge in [0.2, 0.25) is 5.89 Å². The molecule has 1 heterocycles. The Morgan fingerprint density at radius 3 is 2.75 bits per heavy atom. The highest BCUT2D eigenvalue weighted by atomic mass is 79.9. The van der Waals surface area contributed by atoms with Gasteiger partial charge in [-0.05, 0) is 40.5 Å². The fourth-order valence-electron chi connectivity index (χ4n) is 1.26. The minimum atomic E-state index is 0.280. The maximum absolute atomic E-state index is 5.55. The van der Waals surface area contributed by atoms with E-state index in [4.69, 9.17) is 9.15 Å². The number of hydrogen-bond acceptors (Lipinski definition) is 4. The maximum Gasteiger partial charge on any atom is 0.253 e. The van der Waals surface area contributed by atoms with Crippen LogP contribution in [0.1, 0.15) is 17.3 Å². The number of aryl methyl sites for hydroxylation is 2. The van der Waals surface area contributed by atoms with Crippen molar-refractivity contribution in [2.24, 2.45) is 0 Å². The van der Waals surface area contributed by atoms with Gasteiger partial charge in [0.1, 0.15) is 5.75 Å². The summed E-state index contributed by atoms with van der Waals surface area (Å²) < 4.78 is 11.7. The number of hydrogen-bond donors (Lipinski definition) is 0. The third-order valence-electron chi connectivity index (χ3n) is 2.01. The van der Waals surface area contributed by atoms with Crippen molar-refractivity contribution in [1.82, 2.24) is 10.2 Å². The first-order chi connectivity index (χ1) is 7.65. The van der Waals surface area contributed by atoms with E-state index in [0.717, 1.165) is 10.2 Å². The van der Waals surface area contributed by atoms with Crippen LogP contribution in [0, 0.1) is 13.8 Å². The van der Waals surface area contributed by atoms with Crippen molar-refractivity contribution in [2.75, 3.05) is 0 Å². The summed E-state index contributed by atoms with van der Waals surface area (Å²) in [6.07, 6.45) is 0. The first-order valence-electron chi connectivity index (χ1n) is 4.83. The number of aromatic nitrogens is 2. The third-order valence-corrected chi connectivity index (χ3v) is 2.63. The standard InChI is InChI=1S/C11H11BrN2O2/c1-7-3-4-10(9(12)5-7)15-6-11-14-13-8(2)16-11/h3-5H,6H2,1-2H3. The van der Waals surface area contributed by atoms with E-state index < -0.39 is 0 Å². The number of halogens is 1. The van der Waals surface area contributed by atoms with E-state index in [-0.39, 0.29) is 6.61 Å². The van der Waals surface area contributed by atoms with Crippen LogP contribution in [0.4, 0.5) is 0 Å². The summed E-state index contributed by atoms with van der Waals surface area (Å²) in [6, 6.07) is 5.89. The lowest BCUT2D eigenvalue weighted by Gasteiger charge is -2.06. The summed E-state index contributed by atoms with van der Waals surface area (Å²) in [6.45, 7) is 4.05. The highest BCUT2D eigenvalue weighted by Gasteiger charge is 2.05. The van der Waals surface area contributed by atoms with Gasteiger partial charge in [0.05, 0.1) is 4.47 Å². The molecule has 84 valence electrons. The predicted molar refractivity (Wildman–Crippen MR) is 62.2 cm³/mol. The smallest absolute Gasteiger partial charge is 0.253 e. The van der Waals surface area contributed by atoms with Crippen LogP contribution in [-0.4, -0.2) is 10.2 Å². The summed E-state index contributed by atoms with van der Waals surface area (Å²) in [5.41, 5.74) is 1.17. The number of ether oxygens (including phenoxy) is 1. The van der Waals surface area contributed by atoms with E-state index in [1.807, 2.05) is 25.1 Å². The van der Waals surface area contributed by atoms with Crippen LogP contribution in [0.5, 0.6) is 5.75 Å². The highest BCUT2D eigenvalue weighted by Crippen LogP contribution is 2.26. The van der Waals surface area contributed by atoms with Crippen molar-refractivity contribution in [1.29, 1.82) is 0 Å². The quantitative estimate of drug-likeness (QED) is 0.868. The average molecular weight is 283 g/mol. The van der Waals surface area contributed by atoms with Crippen molar-refractivity contribution in [3.05, 3.63) is 40.0 Å². The Kier molecular flexibility index (Phi) is 3.24. The maximum atomic E-state index is 5.55. The van der Waals surface area contributed by atoms with E-state index in [1.165, 1.54) is 5.56 Å². The Hall–Kier alpha value is -1.36. The topological polar surface area (TPSA) is 48.2 Å². The van der Waals surface area contributed by atoms with Gasteiger partial charge in [-0.3, -0.25) is 0 Å². The van der Waals surface area contributed by atoms with Crippen molar-refractivity contribution in [3.63, 3.8) is 0 Å². The number of nitrogens with zero attached hydrogens (tertiary/aromatic N) is 2. The lowest BCUT2D eigenvalue weighted by atomic mass is 10.2. The van der Waals surface area contributed by atoms with E-state index in [1.54, 1.807) is 6.92 Å². The molecule has 2 rings (SSSR count). The molecule has 0 aliphatic heterocycles. The van der Waals surface area contributed by atoms with E-state index in [0.29, 0.717) is 11.8 Å². The molecule has 0 fully saturated rings. The minimum Gasteiger partial charge on any atom is -0.483 e. The third kappa shape index (κ3) is 2.61. The van der Waals surface area contributed by atoms with Gasteiger partial charge < -0.3 is 9.15 Å². The van der Waals surface area contributed by atoms with Gasteiger partial charge in [0.15, 0.2) is 6.61 Å². The van der Waals surface area contributed by atoms with Gasteiger partial charge in [-0.1, -0.05) is 6.07 Å². The van der Waals surface area contributed by atoms with Crippen molar-refractivity contribution in [3.8, 4) is 5.75 Å². The molecule has 1 aromatic heterocycles. The van der Waals surface area contributed by atoms with E-state index >= 15 is 0 Å². The van der Waals surface area contributed by atoms with Crippen LogP contribution >= 0.6 is 15.9 Å². The fourth-order valence-corrected chi connectivity index (χ4v) is 1.87. The molecule has 0 atom stereocenters. The lowest BCUT2D eigenvalue weighted by molar-refractivity contribution is 0.259. The average Bonchev–Trinajstić information content (AvgIpc) is 2.63. The molecular formula is C11H11BrN2O2. The van der Waals surface area contributed by atoms with Crippen LogP contribution in [0.25, 0.3) is 0 Å². The Morgan fingerprint density at radius 2 is 2.12 bits per heavy atom. The Bertz CT molecular complexity index is 496. The Balaban J connectivity index is 2.04. The SMILES string of the molecule is Cc1ccc(OCc2nnc(C)o2)c(Br)c1. The normalized spacial score (nSPS) is 10.4. The molecule has 5 heteroatoms. The lowest BCUT2D eigenvalue weighted by Crippen LogP contribution is -1.96. The summed E-state index contributed by atoms with van der Waals surface area (Å²) in [5, 5.41) is 7.58. The van der Waals surface area contributed by atoms with Crippen LogP contribution in [-0.2, 0) is 6.61 Å². The molecular weight excluding hydrogens is 272 g/mol. The van der Waals surface area contributed by atoms with Crippen molar-refractivity contribution < 1.29 is 9.15 Å². The summed E-state index contributed by atoms with van der Waals surface area (Å²) in [7, 11) is 0. The van der Waals surface area contributed by atoms with Crippen molar-refractivity contribution >= 4 is 15.9 Å². The summed E-state index contributed by atoms with van der Waals surface area (Å²) >= 11 is 3.43. The molecule has 1 aromatic carbocycles. The van der Waals surface area contributed by atoms with Crippen LogP contribution < -0.4 is 4.74 Å². The highest BCUT2D eigenvalue weighted by molar-refractivity contribution is 9.10. The van der Waals surface area contributed by atoms with Gasteiger partial charge >= 0.3 is 0 Å².